The van der Waals surface area contributed by atoms with Gasteiger partial charge in [0.15, 0.2) is 5.00 Å². The summed E-state index contributed by atoms with van der Waals surface area (Å²) in [4.78, 5) is 0. The fraction of sp³-hybridized carbons (Fsp3) is 1.00. The molecule has 0 N–H and O–H groups in total. The first-order valence-electron chi connectivity index (χ1n) is 14.0. The summed E-state index contributed by atoms with van der Waals surface area (Å²) in [6.07, 6.45) is 24.9. The van der Waals surface area contributed by atoms with E-state index in [-0.39, 0.29) is 42.4 Å². The maximum absolute atomic E-state index is 14.9. The topological polar surface area (TPSA) is 57.2 Å². The van der Waals surface area contributed by atoms with Gasteiger partial charge in [0, 0.05) is 0 Å². The first-order valence-corrected chi connectivity index (χ1v) is 15.4. The minimum atomic E-state index is -4.90. The molecule has 194 valence electrons. The molecule has 0 rings (SSSR count). The molecule has 0 heterocycles. The van der Waals surface area contributed by atoms with Crippen LogP contribution < -0.4 is 29.6 Å². The molecular weight excluding hydrogens is 446 g/mol. The summed E-state index contributed by atoms with van der Waals surface area (Å²) >= 11 is 0. The van der Waals surface area contributed by atoms with Crippen LogP contribution in [0.2, 0.25) is 0 Å². The molecule has 0 aliphatic heterocycles. The SMILES string of the molecule is CCCCCCCCCCCCCCCCCCC(F)(CCCCCCCC)S(=O)(=O)[O-].[Na+]. The average Bonchev–Trinajstić information content (AvgIpc) is 2.75. The zero-order valence-corrected chi connectivity index (χ0v) is 25.3. The molecule has 0 aromatic heterocycles. The molecule has 0 spiro atoms. The van der Waals surface area contributed by atoms with Crippen molar-refractivity contribution >= 4 is 10.1 Å². The van der Waals surface area contributed by atoms with E-state index < -0.39 is 15.1 Å². The first kappa shape index (κ1) is 36.0. The van der Waals surface area contributed by atoms with Crippen molar-refractivity contribution in [1.82, 2.24) is 0 Å². The van der Waals surface area contributed by atoms with E-state index in [4.69, 9.17) is 0 Å². The van der Waals surface area contributed by atoms with Gasteiger partial charge < -0.3 is 4.55 Å². The molecule has 33 heavy (non-hydrogen) atoms. The summed E-state index contributed by atoms with van der Waals surface area (Å²) in [5.41, 5.74) is 0. The van der Waals surface area contributed by atoms with Crippen LogP contribution >= 0.6 is 0 Å². The third-order valence-corrected chi connectivity index (χ3v) is 8.06. The van der Waals surface area contributed by atoms with Crippen molar-refractivity contribution in [3.8, 4) is 0 Å². The second-order valence-electron chi connectivity index (χ2n) is 9.91. The Morgan fingerprint density at radius 3 is 0.939 bits per heavy atom. The number of hydrogen-bond acceptors (Lipinski definition) is 3. The van der Waals surface area contributed by atoms with Gasteiger partial charge in [0.1, 0.15) is 10.1 Å². The number of rotatable bonds is 25. The molecule has 0 saturated carbocycles. The van der Waals surface area contributed by atoms with Gasteiger partial charge in [-0.3, -0.25) is 0 Å². The molecule has 0 saturated heterocycles. The van der Waals surface area contributed by atoms with Gasteiger partial charge in [-0.05, 0) is 25.7 Å². The van der Waals surface area contributed by atoms with Gasteiger partial charge in [-0.1, -0.05) is 142 Å². The van der Waals surface area contributed by atoms with Crippen LogP contribution in [-0.4, -0.2) is 18.0 Å². The van der Waals surface area contributed by atoms with E-state index in [1.54, 1.807) is 0 Å². The summed E-state index contributed by atoms with van der Waals surface area (Å²) in [6, 6.07) is 0. The molecule has 0 aliphatic rings. The van der Waals surface area contributed by atoms with E-state index in [1.807, 2.05) is 0 Å². The maximum atomic E-state index is 14.9. The predicted molar refractivity (Wildman–Crippen MR) is 136 cm³/mol. The van der Waals surface area contributed by atoms with Crippen LogP contribution in [0.15, 0.2) is 0 Å². The van der Waals surface area contributed by atoms with Gasteiger partial charge in [0.25, 0.3) is 0 Å². The number of hydrogen-bond donors (Lipinski definition) is 0. The molecule has 0 aromatic rings. The Balaban J connectivity index is 0. The van der Waals surface area contributed by atoms with E-state index in [9.17, 15) is 17.4 Å². The van der Waals surface area contributed by atoms with Gasteiger partial charge in [0.05, 0.1) is 0 Å². The van der Waals surface area contributed by atoms with Crippen LogP contribution in [0.5, 0.6) is 0 Å². The fourth-order valence-corrected chi connectivity index (χ4v) is 5.27. The van der Waals surface area contributed by atoms with Gasteiger partial charge >= 0.3 is 29.6 Å². The molecule has 0 radical (unpaired) electrons. The molecule has 0 fully saturated rings. The minimum Gasteiger partial charge on any atom is -0.745 e. The molecule has 0 aromatic carbocycles. The second-order valence-corrected chi connectivity index (χ2v) is 11.5. The van der Waals surface area contributed by atoms with E-state index >= 15 is 0 Å². The van der Waals surface area contributed by atoms with E-state index in [1.165, 1.54) is 77.0 Å². The van der Waals surface area contributed by atoms with Crippen molar-refractivity contribution in [1.29, 1.82) is 0 Å². The van der Waals surface area contributed by atoms with Gasteiger partial charge in [-0.15, -0.1) is 0 Å². The molecule has 0 bridgehead atoms. The van der Waals surface area contributed by atoms with Crippen molar-refractivity contribution in [2.75, 3.05) is 0 Å². The number of alkyl halides is 1. The predicted octanol–water partition coefficient (Wildman–Crippen LogP) is 6.60. The fourth-order valence-electron chi connectivity index (χ4n) is 4.48. The van der Waals surface area contributed by atoms with Crippen LogP contribution in [0.4, 0.5) is 4.39 Å². The van der Waals surface area contributed by atoms with Crippen molar-refractivity contribution in [3.05, 3.63) is 0 Å². The standard InChI is InChI=1S/C27H55FO3S.Na/c1-3-5-7-9-11-12-13-14-15-16-17-18-19-20-22-24-26-27(28,32(29,30)31)25-23-21-10-8-6-4-2;/h3-26H2,1-2H3,(H,29,30,31);/q;+1/p-1. The summed E-state index contributed by atoms with van der Waals surface area (Å²) in [6.45, 7) is 4.39. The molecule has 1 unspecified atom stereocenters. The Kier molecular flexibility index (Phi) is 26.8. The Labute approximate surface area is 228 Å². The molecule has 1 atom stereocenters. The quantitative estimate of drug-likeness (QED) is 0.0806. The van der Waals surface area contributed by atoms with Crippen LogP contribution in [0.3, 0.4) is 0 Å². The third kappa shape index (κ3) is 21.8. The van der Waals surface area contributed by atoms with E-state index in [2.05, 4.69) is 13.8 Å². The summed E-state index contributed by atoms with van der Waals surface area (Å²) in [5, 5.41) is -2.56. The maximum Gasteiger partial charge on any atom is 1.00 e. The Morgan fingerprint density at radius 1 is 0.515 bits per heavy atom. The van der Waals surface area contributed by atoms with Crippen molar-refractivity contribution in [3.63, 3.8) is 0 Å². The summed E-state index contributed by atoms with van der Waals surface area (Å²) in [5.74, 6) is 0. The second kappa shape index (κ2) is 24.5. The number of halogens is 1. The number of unbranched alkanes of at least 4 members (excludes halogenated alkanes) is 20. The molecule has 0 aliphatic carbocycles. The first-order chi connectivity index (χ1) is 15.4. The van der Waals surface area contributed by atoms with Crippen molar-refractivity contribution in [2.45, 2.75) is 173 Å². The van der Waals surface area contributed by atoms with Crippen molar-refractivity contribution in [2.24, 2.45) is 0 Å². The van der Waals surface area contributed by atoms with E-state index in [0.29, 0.717) is 12.8 Å². The van der Waals surface area contributed by atoms with Crippen LogP contribution in [0.25, 0.3) is 0 Å². The van der Waals surface area contributed by atoms with Gasteiger partial charge in [-0.25, -0.2) is 12.8 Å². The third-order valence-electron chi connectivity index (χ3n) is 6.76. The van der Waals surface area contributed by atoms with Crippen molar-refractivity contribution < 1.29 is 46.9 Å². The normalized spacial score (nSPS) is 13.6. The summed E-state index contributed by atoms with van der Waals surface area (Å²) in [7, 11) is -4.90. The largest absolute Gasteiger partial charge is 1.00 e. The Morgan fingerprint density at radius 2 is 0.727 bits per heavy atom. The monoisotopic (exact) mass is 500 g/mol. The van der Waals surface area contributed by atoms with Crippen LogP contribution in [0.1, 0.15) is 168 Å². The molecule has 3 nitrogen and oxygen atoms in total. The Hall–Kier alpha value is 0.840. The van der Waals surface area contributed by atoms with E-state index in [0.717, 1.165) is 51.4 Å². The van der Waals surface area contributed by atoms with Crippen LogP contribution in [0, 0.1) is 0 Å². The zero-order chi connectivity index (χ0) is 24.0. The van der Waals surface area contributed by atoms with Gasteiger partial charge in [0.2, 0.25) is 0 Å². The zero-order valence-electron chi connectivity index (χ0n) is 22.5. The smallest absolute Gasteiger partial charge is 0.745 e. The Bertz CT molecular complexity index is 502. The molecular formula is C27H54FNaO3S. The van der Waals surface area contributed by atoms with Crippen LogP contribution in [-0.2, 0) is 10.1 Å². The average molecular weight is 501 g/mol. The summed E-state index contributed by atoms with van der Waals surface area (Å²) < 4.78 is 49.3. The molecule has 6 heteroatoms. The minimum absolute atomic E-state index is 0. The molecule has 0 amide bonds. The van der Waals surface area contributed by atoms with Gasteiger partial charge in [-0.2, -0.15) is 0 Å².